The van der Waals surface area contributed by atoms with Crippen molar-refractivity contribution in [2.45, 2.75) is 39.5 Å². The van der Waals surface area contributed by atoms with E-state index in [0.717, 1.165) is 71.2 Å². The number of rotatable bonds is 8. The third kappa shape index (κ3) is 5.34. The molecule has 0 atom stereocenters. The van der Waals surface area contributed by atoms with Crippen molar-refractivity contribution in [3.8, 4) is 11.5 Å². The molecule has 34 heavy (non-hydrogen) atoms. The molecule has 5 rings (SSSR count). The van der Waals surface area contributed by atoms with E-state index in [1.807, 2.05) is 0 Å². The van der Waals surface area contributed by atoms with Gasteiger partial charge in [-0.2, -0.15) is 0 Å². The molecule has 3 aromatic carbocycles. The maximum Gasteiger partial charge on any atom is 0.135 e. The largest absolute Gasteiger partial charge is 0.491 e. The van der Waals surface area contributed by atoms with Gasteiger partial charge in [0.15, 0.2) is 0 Å². The van der Waals surface area contributed by atoms with Crippen LogP contribution < -0.4 is 9.47 Å². The highest BCUT2D eigenvalue weighted by Gasteiger charge is 2.19. The number of fused-ring (bicyclic) bond motifs is 2. The Labute approximate surface area is 204 Å². The molecule has 2 heterocycles. The highest BCUT2D eigenvalue weighted by atomic mass is 16.5. The van der Waals surface area contributed by atoms with E-state index in [9.17, 15) is 0 Å². The SMILES string of the molecule is CC1CCN(CCOc2c3ccccc3c(OCCN3CCC(C)CC3)c3ccccc23)CC1. The Morgan fingerprint density at radius 3 is 1.24 bits per heavy atom. The first-order valence-electron chi connectivity index (χ1n) is 13.3. The molecule has 2 aliphatic heterocycles. The highest BCUT2D eigenvalue weighted by molar-refractivity contribution is 6.11. The summed E-state index contributed by atoms with van der Waals surface area (Å²) in [6.07, 6.45) is 5.20. The smallest absolute Gasteiger partial charge is 0.135 e. The fourth-order valence-electron chi connectivity index (χ4n) is 5.48. The summed E-state index contributed by atoms with van der Waals surface area (Å²) < 4.78 is 13.0. The van der Waals surface area contributed by atoms with Gasteiger partial charge in [-0.05, 0) is 63.7 Å². The van der Waals surface area contributed by atoms with Crippen LogP contribution in [0.1, 0.15) is 39.5 Å². The van der Waals surface area contributed by atoms with Crippen LogP contribution in [0.3, 0.4) is 0 Å². The quantitative estimate of drug-likeness (QED) is 0.373. The van der Waals surface area contributed by atoms with Gasteiger partial charge in [-0.15, -0.1) is 0 Å². The van der Waals surface area contributed by atoms with Gasteiger partial charge < -0.3 is 9.47 Å². The third-order valence-corrected chi connectivity index (χ3v) is 7.89. The minimum absolute atomic E-state index is 0.718. The van der Waals surface area contributed by atoms with Crippen molar-refractivity contribution < 1.29 is 9.47 Å². The Balaban J connectivity index is 1.35. The first-order valence-corrected chi connectivity index (χ1v) is 13.3. The Morgan fingerprint density at radius 2 is 0.912 bits per heavy atom. The maximum atomic E-state index is 6.52. The molecular weight excluding hydrogens is 420 g/mol. The van der Waals surface area contributed by atoms with E-state index in [0.29, 0.717) is 0 Å². The molecule has 182 valence electrons. The topological polar surface area (TPSA) is 24.9 Å². The van der Waals surface area contributed by atoms with Crippen LogP contribution in [0, 0.1) is 11.8 Å². The van der Waals surface area contributed by atoms with Crippen molar-refractivity contribution in [2.24, 2.45) is 11.8 Å². The van der Waals surface area contributed by atoms with E-state index in [2.05, 4.69) is 72.2 Å². The lowest BCUT2D eigenvalue weighted by Crippen LogP contribution is -2.35. The van der Waals surface area contributed by atoms with E-state index >= 15 is 0 Å². The highest BCUT2D eigenvalue weighted by Crippen LogP contribution is 2.42. The summed E-state index contributed by atoms with van der Waals surface area (Å²) in [6, 6.07) is 17.1. The van der Waals surface area contributed by atoms with Crippen LogP contribution in [0.5, 0.6) is 11.5 Å². The molecule has 0 aromatic heterocycles. The average Bonchev–Trinajstić information content (AvgIpc) is 2.87. The van der Waals surface area contributed by atoms with Gasteiger partial charge in [-0.3, -0.25) is 9.80 Å². The van der Waals surface area contributed by atoms with Crippen molar-refractivity contribution in [1.82, 2.24) is 9.80 Å². The summed E-state index contributed by atoms with van der Waals surface area (Å²) in [5.41, 5.74) is 0. The van der Waals surface area contributed by atoms with Crippen molar-refractivity contribution in [2.75, 3.05) is 52.5 Å². The van der Waals surface area contributed by atoms with Crippen LogP contribution in [0.4, 0.5) is 0 Å². The molecule has 3 aromatic rings. The minimum atomic E-state index is 0.718. The van der Waals surface area contributed by atoms with Crippen LogP contribution in [-0.4, -0.2) is 62.3 Å². The van der Waals surface area contributed by atoms with Gasteiger partial charge in [0.05, 0.1) is 0 Å². The molecular formula is C30H40N2O2. The van der Waals surface area contributed by atoms with Gasteiger partial charge >= 0.3 is 0 Å². The number of hydrogen-bond donors (Lipinski definition) is 0. The van der Waals surface area contributed by atoms with Crippen LogP contribution in [0.2, 0.25) is 0 Å². The number of benzene rings is 3. The van der Waals surface area contributed by atoms with Crippen LogP contribution in [0.15, 0.2) is 48.5 Å². The molecule has 2 fully saturated rings. The van der Waals surface area contributed by atoms with Gasteiger partial charge in [-0.25, -0.2) is 0 Å². The Morgan fingerprint density at radius 1 is 0.588 bits per heavy atom. The number of piperidine rings is 2. The van der Waals surface area contributed by atoms with Gasteiger partial charge in [0.1, 0.15) is 24.7 Å². The normalized spacial score (nSPS) is 19.1. The molecule has 0 bridgehead atoms. The van der Waals surface area contributed by atoms with E-state index in [1.165, 1.54) is 51.9 Å². The van der Waals surface area contributed by atoms with Crippen molar-refractivity contribution in [3.05, 3.63) is 48.5 Å². The second kappa shape index (κ2) is 11.0. The number of ether oxygens (including phenoxy) is 2. The van der Waals surface area contributed by atoms with Gasteiger partial charge in [0, 0.05) is 34.6 Å². The van der Waals surface area contributed by atoms with E-state index < -0.39 is 0 Å². The van der Waals surface area contributed by atoms with Crippen molar-refractivity contribution in [1.29, 1.82) is 0 Å². The summed E-state index contributed by atoms with van der Waals surface area (Å²) >= 11 is 0. The third-order valence-electron chi connectivity index (χ3n) is 7.89. The molecule has 4 heteroatoms. The molecule has 0 N–H and O–H groups in total. The monoisotopic (exact) mass is 460 g/mol. The first-order chi connectivity index (χ1) is 16.7. The molecule has 0 aliphatic carbocycles. The summed E-state index contributed by atoms with van der Waals surface area (Å²) in [5, 5.41) is 4.59. The average molecular weight is 461 g/mol. The summed E-state index contributed by atoms with van der Waals surface area (Å²) in [4.78, 5) is 5.09. The van der Waals surface area contributed by atoms with Crippen molar-refractivity contribution >= 4 is 21.5 Å². The Bertz CT molecular complexity index is 939. The molecule has 2 aliphatic rings. The zero-order valence-corrected chi connectivity index (χ0v) is 21.0. The van der Waals surface area contributed by atoms with E-state index in [-0.39, 0.29) is 0 Å². The lowest BCUT2D eigenvalue weighted by Gasteiger charge is -2.30. The first kappa shape index (κ1) is 23.4. The van der Waals surface area contributed by atoms with Crippen LogP contribution in [-0.2, 0) is 0 Å². The Kier molecular flexibility index (Phi) is 7.56. The molecule has 0 amide bonds. The second-order valence-electron chi connectivity index (χ2n) is 10.5. The van der Waals surface area contributed by atoms with Gasteiger partial charge in [0.2, 0.25) is 0 Å². The Hall–Kier alpha value is -2.30. The zero-order chi connectivity index (χ0) is 23.3. The number of hydrogen-bond acceptors (Lipinski definition) is 4. The predicted molar refractivity (Wildman–Crippen MR) is 142 cm³/mol. The standard InChI is InChI=1S/C30H40N2O2/c1-23-11-15-31(16-12-23)19-21-33-29-25-7-3-5-9-27(25)30(28-10-6-4-8-26(28)29)34-22-20-32-17-13-24(2)14-18-32/h3-10,23-24H,11-22H2,1-2H3. The molecule has 2 saturated heterocycles. The minimum Gasteiger partial charge on any atom is -0.491 e. The van der Waals surface area contributed by atoms with Crippen molar-refractivity contribution in [3.63, 3.8) is 0 Å². The van der Waals surface area contributed by atoms with Crippen LogP contribution >= 0.6 is 0 Å². The second-order valence-corrected chi connectivity index (χ2v) is 10.5. The number of likely N-dealkylation sites (tertiary alicyclic amines) is 2. The van der Waals surface area contributed by atoms with Gasteiger partial charge in [0.25, 0.3) is 0 Å². The maximum absolute atomic E-state index is 6.52. The molecule has 4 nitrogen and oxygen atoms in total. The fourth-order valence-corrected chi connectivity index (χ4v) is 5.48. The van der Waals surface area contributed by atoms with E-state index in [1.54, 1.807) is 0 Å². The lowest BCUT2D eigenvalue weighted by atomic mass is 9.99. The predicted octanol–water partition coefficient (Wildman–Crippen LogP) is 6.21. The molecule has 0 spiro atoms. The fraction of sp³-hybridized carbons (Fsp3) is 0.533. The molecule has 0 saturated carbocycles. The molecule has 0 radical (unpaired) electrons. The van der Waals surface area contributed by atoms with Crippen LogP contribution in [0.25, 0.3) is 21.5 Å². The number of nitrogens with zero attached hydrogens (tertiary/aromatic N) is 2. The zero-order valence-electron chi connectivity index (χ0n) is 21.0. The summed E-state index contributed by atoms with van der Waals surface area (Å²) in [5.74, 6) is 3.70. The summed E-state index contributed by atoms with van der Waals surface area (Å²) in [6.45, 7) is 12.9. The lowest BCUT2D eigenvalue weighted by molar-refractivity contribution is 0.161. The summed E-state index contributed by atoms with van der Waals surface area (Å²) in [7, 11) is 0. The van der Waals surface area contributed by atoms with Gasteiger partial charge in [-0.1, -0.05) is 62.4 Å². The molecule has 0 unspecified atom stereocenters. The van der Waals surface area contributed by atoms with E-state index in [4.69, 9.17) is 9.47 Å².